The zero-order valence-electron chi connectivity index (χ0n) is 20.8. The summed E-state index contributed by atoms with van der Waals surface area (Å²) in [5.41, 5.74) is 3.30. The third-order valence-corrected chi connectivity index (χ3v) is 7.47. The highest BCUT2D eigenvalue weighted by atomic mass is 32.2. The number of hydrogen-bond acceptors (Lipinski definition) is 6. The number of rotatable bonds is 6. The largest absolute Gasteiger partial charge is 0.495 e. The van der Waals surface area contributed by atoms with Crippen LogP contribution in [0.5, 0.6) is 5.75 Å². The van der Waals surface area contributed by atoms with E-state index in [4.69, 9.17) is 4.74 Å². The molecule has 0 atom stereocenters. The summed E-state index contributed by atoms with van der Waals surface area (Å²) < 4.78 is 50.0. The summed E-state index contributed by atoms with van der Waals surface area (Å²) in [4.78, 5) is 20.9. The Bertz CT molecular complexity index is 1860. The van der Waals surface area contributed by atoms with Crippen LogP contribution in [0.3, 0.4) is 0 Å². The molecule has 2 heterocycles. The topological polar surface area (TPSA) is 103 Å². The molecule has 0 bridgehead atoms. The van der Waals surface area contributed by atoms with Crippen LogP contribution in [0.2, 0.25) is 0 Å². The highest BCUT2D eigenvalue weighted by Gasteiger charge is 2.19. The van der Waals surface area contributed by atoms with E-state index >= 15 is 0 Å². The van der Waals surface area contributed by atoms with Gasteiger partial charge in [-0.3, -0.25) is 9.36 Å². The number of nitrogens with one attached hydrogen (secondary N) is 1. The van der Waals surface area contributed by atoms with Crippen LogP contribution in [-0.4, -0.2) is 30.1 Å². The van der Waals surface area contributed by atoms with E-state index in [-0.39, 0.29) is 22.2 Å². The number of hydrogen-bond donors (Lipinski definition) is 1. The zero-order valence-corrected chi connectivity index (χ0v) is 21.6. The monoisotopic (exact) mass is 530 g/mol. The van der Waals surface area contributed by atoms with Crippen molar-refractivity contribution in [3.05, 3.63) is 106 Å². The maximum atomic E-state index is 14.7. The summed E-state index contributed by atoms with van der Waals surface area (Å²) in [6.45, 7) is 3.72. The minimum Gasteiger partial charge on any atom is -0.495 e. The first-order chi connectivity index (χ1) is 18.2. The third kappa shape index (κ3) is 4.61. The number of aryl methyl sites for hydroxylation is 2. The van der Waals surface area contributed by atoms with Crippen LogP contribution in [-0.2, 0) is 10.0 Å². The van der Waals surface area contributed by atoms with Gasteiger partial charge in [0.25, 0.3) is 15.6 Å². The molecule has 0 aliphatic heterocycles. The minimum atomic E-state index is -3.98. The molecule has 5 rings (SSSR count). The Balaban J connectivity index is 1.64. The summed E-state index contributed by atoms with van der Waals surface area (Å²) in [6.07, 6.45) is 2.86. The molecule has 38 heavy (non-hydrogen) atoms. The van der Waals surface area contributed by atoms with E-state index in [1.165, 1.54) is 48.3 Å². The quantitative estimate of drug-likeness (QED) is 0.331. The number of aromatic nitrogens is 3. The van der Waals surface area contributed by atoms with Crippen molar-refractivity contribution < 1.29 is 17.5 Å². The fourth-order valence-corrected chi connectivity index (χ4v) is 5.31. The van der Waals surface area contributed by atoms with Gasteiger partial charge in [0.05, 0.1) is 23.2 Å². The van der Waals surface area contributed by atoms with E-state index in [9.17, 15) is 17.6 Å². The van der Waals surface area contributed by atoms with Gasteiger partial charge in [-0.1, -0.05) is 11.6 Å². The summed E-state index contributed by atoms with van der Waals surface area (Å²) in [5, 5.41) is 0.509. The number of sulfonamides is 1. The van der Waals surface area contributed by atoms with Crippen molar-refractivity contribution in [1.82, 2.24) is 14.5 Å². The number of anilines is 1. The molecular formula is C28H23FN4O4S. The van der Waals surface area contributed by atoms with Crippen molar-refractivity contribution in [2.45, 2.75) is 18.7 Å². The van der Waals surface area contributed by atoms with Gasteiger partial charge in [0.1, 0.15) is 11.6 Å². The van der Waals surface area contributed by atoms with E-state index < -0.39 is 10.0 Å². The van der Waals surface area contributed by atoms with E-state index in [2.05, 4.69) is 14.7 Å². The number of methoxy groups -OCH3 is 1. The van der Waals surface area contributed by atoms with Crippen molar-refractivity contribution >= 4 is 26.9 Å². The first-order valence-electron chi connectivity index (χ1n) is 11.6. The molecule has 0 unspecified atom stereocenters. The average molecular weight is 531 g/mol. The van der Waals surface area contributed by atoms with Crippen molar-refractivity contribution in [3.63, 3.8) is 0 Å². The fraction of sp³-hybridized carbons (Fsp3) is 0.107. The van der Waals surface area contributed by atoms with E-state index in [1.807, 2.05) is 13.8 Å². The number of halogens is 1. The molecule has 5 aromatic rings. The third-order valence-electron chi connectivity index (χ3n) is 6.15. The predicted molar refractivity (Wildman–Crippen MR) is 144 cm³/mol. The number of nitrogens with zero attached hydrogens (tertiary/aromatic N) is 3. The van der Waals surface area contributed by atoms with Crippen molar-refractivity contribution in [1.29, 1.82) is 0 Å². The van der Waals surface area contributed by atoms with Gasteiger partial charge in [-0.15, -0.1) is 0 Å². The summed E-state index contributed by atoms with van der Waals surface area (Å²) in [5.74, 6) is -0.0531. The molecule has 0 aliphatic carbocycles. The molecule has 192 valence electrons. The van der Waals surface area contributed by atoms with Gasteiger partial charge in [-0.25, -0.2) is 27.5 Å². The molecule has 0 fully saturated rings. The second-order valence-electron chi connectivity index (χ2n) is 8.73. The van der Waals surface area contributed by atoms with Gasteiger partial charge in [0.15, 0.2) is 0 Å². The smallest absolute Gasteiger partial charge is 0.264 e. The van der Waals surface area contributed by atoms with Crippen LogP contribution in [0.15, 0.2) is 88.8 Å². The van der Waals surface area contributed by atoms with E-state index in [0.29, 0.717) is 33.5 Å². The highest BCUT2D eigenvalue weighted by molar-refractivity contribution is 7.92. The van der Waals surface area contributed by atoms with Gasteiger partial charge < -0.3 is 4.74 Å². The first-order valence-corrected chi connectivity index (χ1v) is 13.1. The molecule has 0 spiro atoms. The second kappa shape index (κ2) is 9.71. The lowest BCUT2D eigenvalue weighted by Gasteiger charge is -2.18. The molecule has 0 radical (unpaired) electrons. The van der Waals surface area contributed by atoms with Gasteiger partial charge in [0.2, 0.25) is 5.95 Å². The lowest BCUT2D eigenvalue weighted by atomic mass is 9.97. The van der Waals surface area contributed by atoms with E-state index in [1.54, 1.807) is 42.5 Å². The standard InChI is InChI=1S/C28H23FN4O4S/c1-17-5-8-23(29)22(13-17)21-16-26(37-3)25(14-18(21)2)33-24-9-7-20(15-19(24)6-10-27(33)34)38(35,36)32-28-30-11-4-12-31-28/h4-16H,1-3H3,(H,30,31,32). The number of pyridine rings is 1. The summed E-state index contributed by atoms with van der Waals surface area (Å²) in [7, 11) is -2.50. The van der Waals surface area contributed by atoms with E-state index in [0.717, 1.165) is 11.1 Å². The molecule has 0 aliphatic rings. The van der Waals surface area contributed by atoms with Gasteiger partial charge in [-0.05, 0) is 79.6 Å². The fourth-order valence-electron chi connectivity index (χ4n) is 4.32. The number of ether oxygens (including phenoxy) is 1. The van der Waals surface area contributed by atoms with Crippen LogP contribution in [0.25, 0.3) is 27.7 Å². The Morgan fingerprint density at radius 3 is 2.42 bits per heavy atom. The second-order valence-corrected chi connectivity index (χ2v) is 10.4. The maximum absolute atomic E-state index is 14.7. The summed E-state index contributed by atoms with van der Waals surface area (Å²) in [6, 6.07) is 17.3. The molecule has 8 nitrogen and oxygen atoms in total. The number of fused-ring (bicyclic) bond motifs is 1. The molecule has 0 saturated carbocycles. The summed E-state index contributed by atoms with van der Waals surface area (Å²) >= 11 is 0. The zero-order chi connectivity index (χ0) is 27.0. The first kappa shape index (κ1) is 25.1. The maximum Gasteiger partial charge on any atom is 0.264 e. The average Bonchev–Trinajstić information content (AvgIpc) is 2.90. The minimum absolute atomic E-state index is 0.0175. The van der Waals surface area contributed by atoms with Crippen LogP contribution < -0.4 is 15.0 Å². The Morgan fingerprint density at radius 2 is 1.68 bits per heavy atom. The van der Waals surface area contributed by atoms with Crippen molar-refractivity contribution in [2.24, 2.45) is 0 Å². The van der Waals surface area contributed by atoms with Crippen molar-refractivity contribution in [2.75, 3.05) is 11.8 Å². The van der Waals surface area contributed by atoms with Crippen molar-refractivity contribution in [3.8, 4) is 22.6 Å². The van der Waals surface area contributed by atoms with Crippen LogP contribution in [0.4, 0.5) is 10.3 Å². The Labute approximate surface area is 218 Å². The Morgan fingerprint density at radius 1 is 0.921 bits per heavy atom. The predicted octanol–water partition coefficient (Wildman–Crippen LogP) is 5.01. The Kier molecular flexibility index (Phi) is 6.41. The molecule has 3 aromatic carbocycles. The van der Waals surface area contributed by atoms with Gasteiger partial charge in [0, 0.05) is 29.4 Å². The molecular weight excluding hydrogens is 507 g/mol. The highest BCUT2D eigenvalue weighted by Crippen LogP contribution is 2.35. The molecule has 10 heteroatoms. The molecule has 2 aromatic heterocycles. The SMILES string of the molecule is COc1cc(-c2cc(C)ccc2F)c(C)cc1-n1c(=O)ccc2cc(S(=O)(=O)Nc3ncccn3)ccc21. The molecule has 0 saturated heterocycles. The van der Waals surface area contributed by atoms with Crippen LogP contribution in [0.1, 0.15) is 11.1 Å². The Hall–Kier alpha value is -4.57. The van der Waals surface area contributed by atoms with Crippen LogP contribution >= 0.6 is 0 Å². The van der Waals surface area contributed by atoms with Gasteiger partial charge in [-0.2, -0.15) is 0 Å². The molecule has 1 N–H and O–H groups in total. The normalized spacial score (nSPS) is 11.5. The van der Waals surface area contributed by atoms with Crippen LogP contribution in [0, 0.1) is 19.7 Å². The lowest BCUT2D eigenvalue weighted by molar-refractivity contribution is 0.413. The molecule has 0 amide bonds. The van der Waals surface area contributed by atoms with Gasteiger partial charge >= 0.3 is 0 Å². The lowest BCUT2D eigenvalue weighted by Crippen LogP contribution is -2.19. The number of benzene rings is 3.